The van der Waals surface area contributed by atoms with E-state index in [1.807, 2.05) is 12.1 Å². The van der Waals surface area contributed by atoms with Crippen molar-refractivity contribution in [3.63, 3.8) is 0 Å². The van der Waals surface area contributed by atoms with E-state index in [1.165, 1.54) is 12.8 Å². The van der Waals surface area contributed by atoms with Gasteiger partial charge in [-0.05, 0) is 45.9 Å². The molecule has 112 valence electrons. The molecule has 2 N–H and O–H groups in total. The smallest absolute Gasteiger partial charge is 0.191 e. The number of hydrogen-bond acceptors (Lipinski definition) is 3. The Hall–Kier alpha value is -1.49. The molecule has 0 spiro atoms. The maximum Gasteiger partial charge on any atom is 0.191 e. The van der Waals surface area contributed by atoms with Crippen LogP contribution >= 0.6 is 0 Å². The molecular formula is C15H26N4O. The summed E-state index contributed by atoms with van der Waals surface area (Å²) in [5.74, 6) is 1.73. The summed E-state index contributed by atoms with van der Waals surface area (Å²) in [6.07, 6.45) is 4.36. The molecule has 0 aromatic carbocycles. The summed E-state index contributed by atoms with van der Waals surface area (Å²) in [5, 5.41) is 6.66. The molecule has 0 bridgehead atoms. The number of hydrogen-bond donors (Lipinski definition) is 2. The van der Waals surface area contributed by atoms with Crippen LogP contribution < -0.4 is 10.6 Å². The van der Waals surface area contributed by atoms with Crippen molar-refractivity contribution >= 4 is 5.96 Å². The van der Waals surface area contributed by atoms with Gasteiger partial charge in [0.15, 0.2) is 5.96 Å². The van der Waals surface area contributed by atoms with E-state index in [1.54, 1.807) is 6.26 Å². The van der Waals surface area contributed by atoms with Crippen molar-refractivity contribution in [1.29, 1.82) is 0 Å². The van der Waals surface area contributed by atoms with Crippen LogP contribution in [0, 0.1) is 0 Å². The number of nitrogens with zero attached hydrogens (tertiary/aromatic N) is 2. The SMILES string of the molecule is CCNC(=NCc1ccco1)NCC(C)N(C)C1CC1. The second-order valence-corrected chi connectivity index (χ2v) is 5.40. The lowest BCUT2D eigenvalue weighted by Gasteiger charge is -2.25. The number of aliphatic imine (C=N–C) groups is 1. The Balaban J connectivity index is 1.80. The topological polar surface area (TPSA) is 52.8 Å². The maximum absolute atomic E-state index is 5.29. The Morgan fingerprint density at radius 1 is 1.50 bits per heavy atom. The summed E-state index contributed by atoms with van der Waals surface area (Å²) < 4.78 is 5.29. The molecule has 1 saturated carbocycles. The first-order valence-electron chi connectivity index (χ1n) is 7.47. The van der Waals surface area contributed by atoms with Gasteiger partial charge in [0, 0.05) is 25.2 Å². The van der Waals surface area contributed by atoms with E-state index in [0.717, 1.165) is 30.9 Å². The van der Waals surface area contributed by atoms with Gasteiger partial charge in [0.25, 0.3) is 0 Å². The van der Waals surface area contributed by atoms with Crippen molar-refractivity contribution < 1.29 is 4.42 Å². The Morgan fingerprint density at radius 2 is 2.30 bits per heavy atom. The van der Waals surface area contributed by atoms with Crippen molar-refractivity contribution in [2.24, 2.45) is 4.99 Å². The van der Waals surface area contributed by atoms with Crippen LogP contribution in [-0.2, 0) is 6.54 Å². The normalized spacial score (nSPS) is 17.3. The minimum Gasteiger partial charge on any atom is -0.467 e. The van der Waals surface area contributed by atoms with Crippen molar-refractivity contribution in [1.82, 2.24) is 15.5 Å². The fourth-order valence-electron chi connectivity index (χ4n) is 2.13. The largest absolute Gasteiger partial charge is 0.467 e. The molecule has 1 aliphatic carbocycles. The third-order valence-electron chi connectivity index (χ3n) is 3.70. The van der Waals surface area contributed by atoms with E-state index in [0.29, 0.717) is 12.6 Å². The number of guanidine groups is 1. The summed E-state index contributed by atoms with van der Waals surface area (Å²) in [4.78, 5) is 6.98. The van der Waals surface area contributed by atoms with Crippen LogP contribution in [0.25, 0.3) is 0 Å². The van der Waals surface area contributed by atoms with Gasteiger partial charge >= 0.3 is 0 Å². The van der Waals surface area contributed by atoms with E-state index in [4.69, 9.17) is 4.42 Å². The van der Waals surface area contributed by atoms with Crippen LogP contribution in [0.3, 0.4) is 0 Å². The summed E-state index contributed by atoms with van der Waals surface area (Å²) in [6.45, 7) is 6.65. The highest BCUT2D eigenvalue weighted by atomic mass is 16.3. The predicted molar refractivity (Wildman–Crippen MR) is 81.8 cm³/mol. The van der Waals surface area contributed by atoms with Crippen LogP contribution in [0.5, 0.6) is 0 Å². The van der Waals surface area contributed by atoms with E-state index in [9.17, 15) is 0 Å². The minimum atomic E-state index is 0.509. The summed E-state index contributed by atoms with van der Waals surface area (Å²) >= 11 is 0. The molecule has 2 rings (SSSR count). The van der Waals surface area contributed by atoms with E-state index in [2.05, 4.69) is 41.4 Å². The molecule has 1 aromatic rings. The molecule has 5 nitrogen and oxygen atoms in total. The number of likely N-dealkylation sites (N-methyl/N-ethyl adjacent to an activating group) is 1. The van der Waals surface area contributed by atoms with Crippen molar-refractivity contribution in [2.75, 3.05) is 20.1 Å². The highest BCUT2D eigenvalue weighted by Gasteiger charge is 2.28. The molecule has 1 fully saturated rings. The second kappa shape index (κ2) is 7.33. The van der Waals surface area contributed by atoms with Crippen molar-refractivity contribution in [2.45, 2.75) is 45.3 Å². The van der Waals surface area contributed by atoms with Crippen LogP contribution in [0.15, 0.2) is 27.8 Å². The van der Waals surface area contributed by atoms with Crippen LogP contribution in [-0.4, -0.2) is 43.1 Å². The zero-order valence-electron chi connectivity index (χ0n) is 12.7. The first-order chi connectivity index (χ1) is 9.70. The molecule has 5 heteroatoms. The van der Waals surface area contributed by atoms with Gasteiger partial charge in [-0.1, -0.05) is 0 Å². The predicted octanol–water partition coefficient (Wildman–Crippen LogP) is 1.82. The van der Waals surface area contributed by atoms with Gasteiger partial charge in [0.05, 0.1) is 6.26 Å². The van der Waals surface area contributed by atoms with Crippen LogP contribution in [0.4, 0.5) is 0 Å². The maximum atomic E-state index is 5.29. The van der Waals surface area contributed by atoms with Crippen LogP contribution in [0.1, 0.15) is 32.4 Å². The van der Waals surface area contributed by atoms with Gasteiger partial charge in [-0.2, -0.15) is 0 Å². The third-order valence-corrected chi connectivity index (χ3v) is 3.70. The molecule has 1 heterocycles. The Bertz CT molecular complexity index is 412. The van der Waals surface area contributed by atoms with Gasteiger partial charge < -0.3 is 15.1 Å². The summed E-state index contributed by atoms with van der Waals surface area (Å²) in [7, 11) is 2.21. The summed E-state index contributed by atoms with van der Waals surface area (Å²) in [5.41, 5.74) is 0. The Labute approximate surface area is 121 Å². The number of rotatable bonds is 7. The molecule has 1 atom stereocenters. The lowest BCUT2D eigenvalue weighted by atomic mass is 10.3. The van der Waals surface area contributed by atoms with E-state index >= 15 is 0 Å². The molecule has 1 aromatic heterocycles. The monoisotopic (exact) mass is 278 g/mol. The van der Waals surface area contributed by atoms with Crippen molar-refractivity contribution in [3.05, 3.63) is 24.2 Å². The molecule has 1 unspecified atom stereocenters. The fraction of sp³-hybridized carbons (Fsp3) is 0.667. The standard InChI is InChI=1S/C15H26N4O/c1-4-16-15(18-11-14-6-5-9-20-14)17-10-12(2)19(3)13-7-8-13/h5-6,9,12-13H,4,7-8,10-11H2,1-3H3,(H2,16,17,18). The van der Waals surface area contributed by atoms with Crippen molar-refractivity contribution in [3.8, 4) is 0 Å². The average molecular weight is 278 g/mol. The second-order valence-electron chi connectivity index (χ2n) is 5.40. The fourth-order valence-corrected chi connectivity index (χ4v) is 2.13. The number of nitrogens with one attached hydrogen (secondary N) is 2. The molecular weight excluding hydrogens is 252 g/mol. The molecule has 0 amide bonds. The highest BCUT2D eigenvalue weighted by molar-refractivity contribution is 5.79. The Morgan fingerprint density at radius 3 is 2.90 bits per heavy atom. The molecule has 1 aliphatic rings. The zero-order chi connectivity index (χ0) is 14.4. The lowest BCUT2D eigenvalue weighted by molar-refractivity contribution is 0.247. The first-order valence-corrected chi connectivity index (χ1v) is 7.47. The quantitative estimate of drug-likeness (QED) is 0.590. The van der Waals surface area contributed by atoms with Crippen LogP contribution in [0.2, 0.25) is 0 Å². The molecule has 0 radical (unpaired) electrons. The zero-order valence-corrected chi connectivity index (χ0v) is 12.7. The van der Waals surface area contributed by atoms with Gasteiger partial charge in [-0.15, -0.1) is 0 Å². The first kappa shape index (κ1) is 14.9. The van der Waals surface area contributed by atoms with E-state index in [-0.39, 0.29) is 0 Å². The van der Waals surface area contributed by atoms with Gasteiger partial charge in [0.2, 0.25) is 0 Å². The lowest BCUT2D eigenvalue weighted by Crippen LogP contribution is -2.45. The van der Waals surface area contributed by atoms with E-state index < -0.39 is 0 Å². The van der Waals surface area contributed by atoms with Gasteiger partial charge in [-0.25, -0.2) is 4.99 Å². The average Bonchev–Trinajstić information content (AvgIpc) is 3.17. The highest BCUT2D eigenvalue weighted by Crippen LogP contribution is 2.26. The number of furan rings is 1. The molecule has 0 saturated heterocycles. The third kappa shape index (κ3) is 4.56. The molecule has 20 heavy (non-hydrogen) atoms. The Kier molecular flexibility index (Phi) is 5.47. The molecule has 0 aliphatic heterocycles. The van der Waals surface area contributed by atoms with Gasteiger partial charge in [0.1, 0.15) is 12.3 Å². The summed E-state index contributed by atoms with van der Waals surface area (Å²) in [6, 6.07) is 5.12. The van der Waals surface area contributed by atoms with Gasteiger partial charge in [-0.3, -0.25) is 4.90 Å². The minimum absolute atomic E-state index is 0.509.